The molecule has 0 saturated carbocycles. The van der Waals surface area contributed by atoms with Crippen LogP contribution in [-0.2, 0) is 10.8 Å². The van der Waals surface area contributed by atoms with Gasteiger partial charge in [-0.15, -0.1) is 0 Å². The fourth-order valence-corrected chi connectivity index (χ4v) is 2.97. The van der Waals surface area contributed by atoms with Crippen molar-refractivity contribution in [3.8, 4) is 5.75 Å². The Morgan fingerprint density at radius 3 is 1.95 bits per heavy atom. The second-order valence-electron chi connectivity index (χ2n) is 7.37. The molecule has 1 aromatic carbocycles. The standard InChI is InChI=1S/C17H27NO/c1-11(2)19-15-10-13-12(9-14(15)18)16(3,4)7-8-17(13,5)6/h9-11H,7-8,18H2,1-6H3. The van der Waals surface area contributed by atoms with Gasteiger partial charge in [-0.1, -0.05) is 27.7 Å². The summed E-state index contributed by atoms with van der Waals surface area (Å²) in [5.74, 6) is 0.833. The summed E-state index contributed by atoms with van der Waals surface area (Å²) in [5.41, 5.74) is 10.1. The molecule has 0 spiro atoms. The summed E-state index contributed by atoms with van der Waals surface area (Å²) in [4.78, 5) is 0. The third-order valence-corrected chi connectivity index (χ3v) is 4.35. The highest BCUT2D eigenvalue weighted by molar-refractivity contribution is 5.60. The Balaban J connectivity index is 2.58. The molecule has 0 aromatic heterocycles. The third-order valence-electron chi connectivity index (χ3n) is 4.35. The summed E-state index contributed by atoms with van der Waals surface area (Å²) < 4.78 is 5.85. The minimum Gasteiger partial charge on any atom is -0.489 e. The molecule has 106 valence electrons. The number of hydrogen-bond donors (Lipinski definition) is 1. The maximum atomic E-state index is 6.18. The van der Waals surface area contributed by atoms with E-state index in [0.717, 1.165) is 11.4 Å². The van der Waals surface area contributed by atoms with Gasteiger partial charge in [0.2, 0.25) is 0 Å². The first-order chi connectivity index (χ1) is 8.63. The van der Waals surface area contributed by atoms with E-state index in [-0.39, 0.29) is 16.9 Å². The average Bonchev–Trinajstić information content (AvgIpc) is 2.26. The topological polar surface area (TPSA) is 35.2 Å². The van der Waals surface area contributed by atoms with Crippen LogP contribution in [0.5, 0.6) is 5.75 Å². The molecule has 0 amide bonds. The monoisotopic (exact) mass is 261 g/mol. The largest absolute Gasteiger partial charge is 0.489 e. The van der Waals surface area contributed by atoms with Crippen LogP contribution in [0.15, 0.2) is 12.1 Å². The lowest BCUT2D eigenvalue weighted by atomic mass is 9.63. The molecule has 0 aliphatic heterocycles. The lowest BCUT2D eigenvalue weighted by Crippen LogP contribution is -2.34. The first kappa shape index (κ1) is 14.2. The predicted octanol–water partition coefficient (Wildman–Crippen LogP) is 4.41. The van der Waals surface area contributed by atoms with E-state index >= 15 is 0 Å². The zero-order chi connectivity index (χ0) is 14.4. The molecule has 19 heavy (non-hydrogen) atoms. The van der Waals surface area contributed by atoms with Crippen molar-refractivity contribution in [2.24, 2.45) is 0 Å². The van der Waals surface area contributed by atoms with Crippen molar-refractivity contribution in [2.45, 2.75) is 71.3 Å². The molecule has 0 fully saturated rings. The summed E-state index contributed by atoms with van der Waals surface area (Å²) in [6.07, 6.45) is 2.56. The molecule has 2 heteroatoms. The van der Waals surface area contributed by atoms with Crippen LogP contribution in [0.2, 0.25) is 0 Å². The van der Waals surface area contributed by atoms with E-state index in [9.17, 15) is 0 Å². The number of benzene rings is 1. The summed E-state index contributed by atoms with van der Waals surface area (Å²) in [5, 5.41) is 0. The van der Waals surface area contributed by atoms with Gasteiger partial charge in [0.25, 0.3) is 0 Å². The quantitative estimate of drug-likeness (QED) is 0.801. The molecule has 0 saturated heterocycles. The molecule has 1 aromatic rings. The maximum Gasteiger partial charge on any atom is 0.142 e. The van der Waals surface area contributed by atoms with Gasteiger partial charge in [0.1, 0.15) is 5.75 Å². The van der Waals surface area contributed by atoms with Gasteiger partial charge in [0.15, 0.2) is 0 Å². The lowest BCUT2D eigenvalue weighted by Gasteiger charge is -2.42. The van der Waals surface area contributed by atoms with Crippen LogP contribution >= 0.6 is 0 Å². The fourth-order valence-electron chi connectivity index (χ4n) is 2.97. The first-order valence-corrected chi connectivity index (χ1v) is 7.25. The SMILES string of the molecule is CC(C)Oc1cc2c(cc1N)C(C)(C)CCC2(C)C. The van der Waals surface area contributed by atoms with E-state index in [1.165, 1.54) is 24.0 Å². The van der Waals surface area contributed by atoms with Crippen molar-refractivity contribution in [3.05, 3.63) is 23.3 Å². The lowest BCUT2D eigenvalue weighted by molar-refractivity contribution is 0.242. The molecule has 1 aliphatic rings. The van der Waals surface area contributed by atoms with E-state index in [1.807, 2.05) is 13.8 Å². The zero-order valence-corrected chi connectivity index (χ0v) is 13.1. The molecule has 0 unspecified atom stereocenters. The van der Waals surface area contributed by atoms with E-state index in [2.05, 4.69) is 39.8 Å². The Labute approximate surface area is 117 Å². The molecular weight excluding hydrogens is 234 g/mol. The van der Waals surface area contributed by atoms with E-state index < -0.39 is 0 Å². The van der Waals surface area contributed by atoms with Gasteiger partial charge < -0.3 is 10.5 Å². The number of nitrogens with two attached hydrogens (primary N) is 1. The number of nitrogen functional groups attached to an aromatic ring is 1. The Morgan fingerprint density at radius 1 is 1.00 bits per heavy atom. The average molecular weight is 261 g/mol. The number of anilines is 1. The van der Waals surface area contributed by atoms with Crippen LogP contribution in [0, 0.1) is 0 Å². The summed E-state index contributed by atoms with van der Waals surface area (Å²) in [6, 6.07) is 4.31. The molecule has 0 radical (unpaired) electrons. The summed E-state index contributed by atoms with van der Waals surface area (Å²) in [6.45, 7) is 13.3. The maximum absolute atomic E-state index is 6.18. The Morgan fingerprint density at radius 2 is 1.47 bits per heavy atom. The first-order valence-electron chi connectivity index (χ1n) is 7.25. The van der Waals surface area contributed by atoms with Crippen molar-refractivity contribution in [1.29, 1.82) is 0 Å². The zero-order valence-electron chi connectivity index (χ0n) is 13.1. The normalized spacial score (nSPS) is 20.2. The number of fused-ring (bicyclic) bond motifs is 1. The molecule has 2 rings (SSSR count). The van der Waals surface area contributed by atoms with Crippen molar-refractivity contribution in [1.82, 2.24) is 0 Å². The highest BCUT2D eigenvalue weighted by Gasteiger charge is 2.37. The highest BCUT2D eigenvalue weighted by Crippen LogP contribution is 2.48. The highest BCUT2D eigenvalue weighted by atomic mass is 16.5. The molecular formula is C17H27NO. The fraction of sp³-hybridized carbons (Fsp3) is 0.647. The minimum atomic E-state index is 0.153. The van der Waals surface area contributed by atoms with Crippen LogP contribution in [-0.4, -0.2) is 6.10 Å². The molecule has 0 bridgehead atoms. The van der Waals surface area contributed by atoms with Gasteiger partial charge in [-0.25, -0.2) is 0 Å². The van der Waals surface area contributed by atoms with Crippen LogP contribution in [0.4, 0.5) is 5.69 Å². The molecule has 2 N–H and O–H groups in total. The third kappa shape index (κ3) is 2.58. The van der Waals surface area contributed by atoms with Gasteiger partial charge in [-0.2, -0.15) is 0 Å². The second-order valence-corrected chi connectivity index (χ2v) is 7.37. The summed E-state index contributed by atoms with van der Waals surface area (Å²) >= 11 is 0. The Hall–Kier alpha value is -1.18. The van der Waals surface area contributed by atoms with E-state index in [4.69, 9.17) is 10.5 Å². The smallest absolute Gasteiger partial charge is 0.142 e. The van der Waals surface area contributed by atoms with E-state index in [0.29, 0.717) is 0 Å². The minimum absolute atomic E-state index is 0.153. The van der Waals surface area contributed by atoms with Crippen molar-refractivity contribution < 1.29 is 4.74 Å². The van der Waals surface area contributed by atoms with Crippen LogP contribution in [0.3, 0.4) is 0 Å². The molecule has 0 heterocycles. The predicted molar refractivity (Wildman–Crippen MR) is 81.9 cm³/mol. The van der Waals surface area contributed by atoms with Crippen molar-refractivity contribution >= 4 is 5.69 Å². The van der Waals surface area contributed by atoms with Crippen molar-refractivity contribution in [2.75, 3.05) is 5.73 Å². The molecule has 0 atom stereocenters. The van der Waals surface area contributed by atoms with Gasteiger partial charge >= 0.3 is 0 Å². The number of hydrogen-bond acceptors (Lipinski definition) is 2. The second kappa shape index (κ2) is 4.43. The van der Waals surface area contributed by atoms with E-state index in [1.54, 1.807) is 0 Å². The van der Waals surface area contributed by atoms with Crippen molar-refractivity contribution in [3.63, 3.8) is 0 Å². The van der Waals surface area contributed by atoms with Crippen LogP contribution < -0.4 is 10.5 Å². The van der Waals surface area contributed by atoms with Crippen LogP contribution in [0.25, 0.3) is 0 Å². The Bertz CT molecular complexity index is 486. The van der Waals surface area contributed by atoms with Crippen LogP contribution in [0.1, 0.15) is 65.5 Å². The molecule has 1 aliphatic carbocycles. The van der Waals surface area contributed by atoms with Gasteiger partial charge in [0, 0.05) is 0 Å². The van der Waals surface area contributed by atoms with Gasteiger partial charge in [0.05, 0.1) is 11.8 Å². The number of ether oxygens (including phenoxy) is 1. The van der Waals surface area contributed by atoms with Gasteiger partial charge in [-0.05, 0) is 60.8 Å². The number of rotatable bonds is 2. The van der Waals surface area contributed by atoms with Gasteiger partial charge in [-0.3, -0.25) is 0 Å². The molecule has 2 nitrogen and oxygen atoms in total. The summed E-state index contributed by atoms with van der Waals surface area (Å²) in [7, 11) is 0. The Kier molecular flexibility index (Phi) is 3.32.